The van der Waals surface area contributed by atoms with Crippen LogP contribution in [0.25, 0.3) is 45.1 Å². The minimum Gasteiger partial charge on any atom is -0.508 e. The fraction of sp³-hybridized carbons (Fsp3) is 0.317. The Morgan fingerprint density at radius 2 is 1.25 bits per heavy atom. The van der Waals surface area contributed by atoms with Gasteiger partial charge in [0.1, 0.15) is 35.9 Å². The summed E-state index contributed by atoms with van der Waals surface area (Å²) in [5, 5.41) is 57.6. The van der Waals surface area contributed by atoms with Crippen LogP contribution in [-0.2, 0) is 22.7 Å². The van der Waals surface area contributed by atoms with E-state index in [1.165, 1.54) is 24.3 Å². The van der Waals surface area contributed by atoms with Gasteiger partial charge in [-0.2, -0.15) is 25.1 Å². The molecule has 3 fully saturated rings. The zero-order valence-electron chi connectivity index (χ0n) is 48.1. The second-order valence-electron chi connectivity index (χ2n) is 21.9. The van der Waals surface area contributed by atoms with E-state index in [0.717, 1.165) is 29.6 Å². The van der Waals surface area contributed by atoms with Crippen LogP contribution in [0.4, 0.5) is 36.3 Å². The molecule has 450 valence electrons. The fourth-order valence-corrected chi connectivity index (χ4v) is 11.4. The number of aromatic nitrogens is 9. The summed E-state index contributed by atoms with van der Waals surface area (Å²) in [6.45, 7) is 3.57. The van der Waals surface area contributed by atoms with Crippen LogP contribution in [0.15, 0.2) is 122 Å². The van der Waals surface area contributed by atoms with Crippen LogP contribution in [-0.4, -0.2) is 140 Å². The highest BCUT2D eigenvalue weighted by Gasteiger charge is 2.31. The number of phenolic OH excluding ortho intramolecular Hbond substituents is 2. The maximum Gasteiger partial charge on any atom is 0.236 e. The van der Waals surface area contributed by atoms with Gasteiger partial charge in [0.25, 0.3) is 0 Å². The predicted octanol–water partition coefficient (Wildman–Crippen LogP) is 8.50. The number of nitrogens with zero attached hydrogens (tertiary/aromatic N) is 15. The monoisotopic (exact) mass is 1190 g/mol. The maximum absolute atomic E-state index is 16.3. The largest absolute Gasteiger partial charge is 0.508 e. The Labute approximate surface area is 504 Å². The number of nitriles is 2. The first-order chi connectivity index (χ1) is 42.8. The number of hydrogen-bond acceptors (Lipinski definition) is 18. The molecule has 3 saturated heterocycles. The minimum absolute atomic E-state index is 0.00684. The molecule has 0 spiro atoms. The van der Waals surface area contributed by atoms with Crippen molar-refractivity contribution in [1.82, 2.24) is 59.3 Å². The molecule has 3 aliphatic rings. The van der Waals surface area contributed by atoms with Gasteiger partial charge >= 0.3 is 0 Å². The Balaban J connectivity index is 0.000000182. The second-order valence-corrected chi connectivity index (χ2v) is 21.9. The topological polar surface area (TPSA) is 270 Å². The lowest BCUT2D eigenvalue weighted by atomic mass is 10.0. The van der Waals surface area contributed by atoms with Crippen LogP contribution in [0, 0.1) is 40.1 Å². The van der Waals surface area contributed by atoms with Crippen LogP contribution in [0.5, 0.6) is 11.5 Å². The van der Waals surface area contributed by atoms with Crippen molar-refractivity contribution in [3.63, 3.8) is 0 Å². The average Bonchev–Trinajstić information content (AvgIpc) is 2.78. The first-order valence-corrected chi connectivity index (χ1v) is 29.0. The van der Waals surface area contributed by atoms with E-state index in [0.29, 0.717) is 112 Å². The summed E-state index contributed by atoms with van der Waals surface area (Å²) in [6, 6.07) is 27.3. The Morgan fingerprint density at radius 1 is 0.659 bits per heavy atom. The molecule has 10 heterocycles. The molecular weight excluding hydrogens is 1130 g/mol. The molecule has 2 atom stereocenters. The summed E-state index contributed by atoms with van der Waals surface area (Å²) < 4.78 is 49.5. The van der Waals surface area contributed by atoms with Crippen molar-refractivity contribution < 1.29 is 33.0 Å². The van der Waals surface area contributed by atoms with Crippen LogP contribution in [0.1, 0.15) is 62.5 Å². The third kappa shape index (κ3) is 13.5. The molecule has 0 bridgehead atoms. The summed E-state index contributed by atoms with van der Waals surface area (Å²) >= 11 is 0. The van der Waals surface area contributed by atoms with Gasteiger partial charge in [0.15, 0.2) is 34.9 Å². The van der Waals surface area contributed by atoms with Gasteiger partial charge in [-0.15, -0.1) is 0 Å². The van der Waals surface area contributed by atoms with Crippen molar-refractivity contribution >= 4 is 46.0 Å². The number of amides is 2. The number of phenols is 2. The van der Waals surface area contributed by atoms with Crippen molar-refractivity contribution in [3.8, 4) is 57.7 Å². The lowest BCUT2D eigenvalue weighted by Gasteiger charge is -2.35. The molecule has 5 N–H and O–H groups in total. The van der Waals surface area contributed by atoms with Gasteiger partial charge in [-0.05, 0) is 99.2 Å². The predicted molar refractivity (Wildman–Crippen MR) is 323 cm³/mol. The number of fused-ring (bicyclic) bond motifs is 2. The van der Waals surface area contributed by atoms with Gasteiger partial charge in [0.05, 0.1) is 46.7 Å². The highest BCUT2D eigenvalue weighted by molar-refractivity contribution is 5.81. The Hall–Kier alpha value is -10.4. The van der Waals surface area contributed by atoms with Crippen molar-refractivity contribution in [3.05, 3.63) is 151 Å². The molecule has 7 aromatic heterocycles. The normalized spacial score (nSPS) is 16.1. The van der Waals surface area contributed by atoms with Gasteiger partial charge in [0.2, 0.25) is 17.6 Å². The highest BCUT2D eigenvalue weighted by atomic mass is 19.1. The molecule has 22 nitrogen and oxygen atoms in total. The maximum atomic E-state index is 16.3. The number of nitrogens with one attached hydrogen (secondary N) is 3. The summed E-state index contributed by atoms with van der Waals surface area (Å²) in [7, 11) is 1.91. The molecule has 2 amide bonds. The number of pyridine rings is 3. The van der Waals surface area contributed by atoms with E-state index in [1.54, 1.807) is 61.9 Å². The Bertz CT molecular complexity index is 4070. The van der Waals surface area contributed by atoms with Crippen LogP contribution in [0.2, 0.25) is 0 Å². The number of aromatic hydroxyl groups is 2. The van der Waals surface area contributed by atoms with Crippen molar-refractivity contribution in [2.75, 3.05) is 66.7 Å². The standard InChI is InChI=1S/C32H30FN9O2.C31H33F2N9O2/c1-40(24-10-13-35-14-11-24)19-22-8-7-21(17-27(22)43)30-29(33)32(37-23-5-4-15-41(20-23)28(44)9-12-34)39-31(38-30)25-18-36-42-16-3-2-6-26(25)42;32-21-6-7-26(43)20(16-21)17-35-22-9-14-40(15-10-22)31-28(33)30(37-23-4-3-12-41(19-23)27(44)8-11-34)38-29(39-31)24-18-36-42-13-2-1-5-25(24)42/h2-3,6-8,10-11,13-14,16-18,23,43H,4-5,9,15,19-20H2,1H3,(H,37,38,39);1-2,5-7,13,16,18,22-23,35,43H,3-4,8-10,12,14-15,17,19H2,(H,37,38,39)/t2*23-/m11/s1. The molecular formula is C63H63F3N18O4. The zero-order chi connectivity index (χ0) is 61.3. The highest BCUT2D eigenvalue weighted by Crippen LogP contribution is 2.36. The molecule has 25 heteroatoms. The third-order valence-corrected chi connectivity index (χ3v) is 16.0. The molecule has 2 aromatic carbocycles. The summed E-state index contributed by atoms with van der Waals surface area (Å²) in [5.41, 5.74) is 5.30. The van der Waals surface area contributed by atoms with Crippen molar-refractivity contribution in [1.29, 1.82) is 10.5 Å². The van der Waals surface area contributed by atoms with Crippen LogP contribution >= 0.6 is 0 Å². The zero-order valence-corrected chi connectivity index (χ0v) is 48.1. The van der Waals surface area contributed by atoms with E-state index in [2.05, 4.69) is 46.1 Å². The number of anilines is 4. The van der Waals surface area contributed by atoms with Crippen LogP contribution in [0.3, 0.4) is 0 Å². The smallest absolute Gasteiger partial charge is 0.236 e. The second kappa shape index (κ2) is 26.9. The molecule has 0 radical (unpaired) electrons. The van der Waals surface area contributed by atoms with Gasteiger partial charge < -0.3 is 45.8 Å². The summed E-state index contributed by atoms with van der Waals surface area (Å²) in [4.78, 5) is 54.5. The minimum atomic E-state index is -0.674. The summed E-state index contributed by atoms with van der Waals surface area (Å²) in [5.74, 6) is -1.27. The quantitative estimate of drug-likeness (QED) is 0.0606. The van der Waals surface area contributed by atoms with E-state index < -0.39 is 17.5 Å². The molecule has 0 unspecified atom stereocenters. The molecule has 3 aliphatic heterocycles. The third-order valence-electron chi connectivity index (χ3n) is 16.0. The summed E-state index contributed by atoms with van der Waals surface area (Å²) in [6.07, 6.45) is 14.2. The SMILES string of the molecule is CN(Cc1ccc(-c2nc(-c3cnn4ccccc34)nc(N[C@@H]3CCCN(C(=O)CC#N)C3)c2F)cc1O)c1ccncc1.N#CCC(=O)N1CCC[C@@H](Nc2nc(-c3cnn4ccccc34)nc(N3CCC(NCc4cc(F)ccc4O)CC3)c2F)C1. The molecule has 0 aliphatic carbocycles. The number of likely N-dealkylation sites (tertiary alicyclic amines) is 2. The number of carbonyl (C=O) groups is 2. The van der Waals surface area contributed by atoms with Gasteiger partial charge in [-0.1, -0.05) is 24.3 Å². The number of carbonyl (C=O) groups excluding carboxylic acids is 2. The van der Waals surface area contributed by atoms with Crippen molar-refractivity contribution in [2.45, 2.75) is 82.6 Å². The first-order valence-electron chi connectivity index (χ1n) is 29.0. The number of hydrogen-bond donors (Lipinski definition) is 5. The molecule has 0 saturated carbocycles. The fourth-order valence-electron chi connectivity index (χ4n) is 11.4. The van der Waals surface area contributed by atoms with E-state index in [4.69, 9.17) is 15.5 Å². The van der Waals surface area contributed by atoms with Crippen molar-refractivity contribution in [2.24, 2.45) is 0 Å². The molecule has 9 aromatic rings. The van der Waals surface area contributed by atoms with E-state index >= 15 is 8.78 Å². The molecule has 88 heavy (non-hydrogen) atoms. The lowest BCUT2D eigenvalue weighted by Crippen LogP contribution is -2.45. The van der Waals surface area contributed by atoms with Gasteiger partial charge in [-0.3, -0.25) is 14.6 Å². The van der Waals surface area contributed by atoms with Gasteiger partial charge in [-0.25, -0.2) is 37.7 Å². The Kier molecular flexibility index (Phi) is 18.1. The van der Waals surface area contributed by atoms with E-state index in [9.17, 15) is 24.2 Å². The van der Waals surface area contributed by atoms with E-state index in [1.807, 2.05) is 83.7 Å². The van der Waals surface area contributed by atoms with Gasteiger partial charge in [0, 0.05) is 125 Å². The number of rotatable bonds is 16. The average molecular weight is 1190 g/mol. The number of piperidine rings is 3. The number of halogens is 3. The first kappa shape index (κ1) is 59.3. The lowest BCUT2D eigenvalue weighted by molar-refractivity contribution is -0.131. The van der Waals surface area contributed by atoms with E-state index in [-0.39, 0.29) is 83.3 Å². The Morgan fingerprint density at radius 3 is 1.84 bits per heavy atom. The van der Waals surface area contributed by atoms with Crippen LogP contribution < -0.4 is 25.8 Å². The number of benzene rings is 2. The molecule has 12 rings (SSSR count).